The summed E-state index contributed by atoms with van der Waals surface area (Å²) in [5.41, 5.74) is 0.192. The Morgan fingerprint density at radius 3 is 2.16 bits per heavy atom. The third-order valence-corrected chi connectivity index (χ3v) is 7.25. The third kappa shape index (κ3) is 14.4. The molecule has 0 radical (unpaired) electrons. The van der Waals surface area contributed by atoms with Crippen LogP contribution in [0.2, 0.25) is 0 Å². The van der Waals surface area contributed by atoms with E-state index < -0.39 is 22.7 Å². The number of aliphatic hydroxyl groups is 1. The third-order valence-electron chi connectivity index (χ3n) is 7.25. The first-order valence-electron chi connectivity index (χ1n) is 17.4. The summed E-state index contributed by atoms with van der Waals surface area (Å²) in [5.74, 6) is 0.975. The Morgan fingerprint density at radius 1 is 0.880 bits per heavy atom. The molecule has 0 unspecified atom stereocenters. The number of hydrogen-bond acceptors (Lipinski definition) is 9. The van der Waals surface area contributed by atoms with Gasteiger partial charge in [0.05, 0.1) is 29.7 Å². The summed E-state index contributed by atoms with van der Waals surface area (Å²) >= 11 is 0. The zero-order chi connectivity index (χ0) is 37.7. The lowest BCUT2D eigenvalue weighted by atomic mass is 9.91. The predicted octanol–water partition coefficient (Wildman–Crippen LogP) is 6.04. The van der Waals surface area contributed by atoms with Crippen LogP contribution >= 0.6 is 0 Å². The van der Waals surface area contributed by atoms with Gasteiger partial charge < -0.3 is 35.1 Å². The van der Waals surface area contributed by atoms with E-state index in [0.29, 0.717) is 56.1 Å². The van der Waals surface area contributed by atoms with Crippen LogP contribution in [0, 0.1) is 5.41 Å². The first-order chi connectivity index (χ1) is 23.3. The van der Waals surface area contributed by atoms with Gasteiger partial charge in [-0.1, -0.05) is 52.3 Å². The minimum Gasteiger partial charge on any atom is -0.444 e. The number of carbonyl (C=O) groups is 4. The standard InChI is InChI=1S/C26H37N5O4.C11H21NO3/c1-5-21(32)27-15-11-7-8-14-22(33)30-25-23-24(18-12-9-10-13-19(18)28-25)31(17-26(3,4)34)20(29-23)16-35-6-2;1-10(2,3)8(13)7-12-9(14)15-11(4,5)6/h9-10,12-13,34H,5-8,11,14-17H2,1-4H3,(H,27,32)(H,28,30,33);7H2,1-6H3,(H,12,14). The molecule has 2 heterocycles. The van der Waals surface area contributed by atoms with Crippen LogP contribution in [0.1, 0.15) is 107 Å². The summed E-state index contributed by atoms with van der Waals surface area (Å²) in [6, 6.07) is 7.72. The van der Waals surface area contributed by atoms with Gasteiger partial charge in [0.25, 0.3) is 0 Å². The lowest BCUT2D eigenvalue weighted by Gasteiger charge is -2.21. The second kappa shape index (κ2) is 18.8. The van der Waals surface area contributed by atoms with Crippen molar-refractivity contribution < 1.29 is 33.8 Å². The quantitative estimate of drug-likeness (QED) is 0.138. The number of imidazole rings is 1. The largest absolute Gasteiger partial charge is 0.444 e. The first kappa shape index (κ1) is 42.1. The van der Waals surface area contributed by atoms with E-state index in [1.807, 2.05) is 63.5 Å². The highest BCUT2D eigenvalue weighted by molar-refractivity contribution is 6.09. The Kier molecular flexibility index (Phi) is 15.8. The second-order valence-electron chi connectivity index (χ2n) is 14.8. The molecule has 50 heavy (non-hydrogen) atoms. The summed E-state index contributed by atoms with van der Waals surface area (Å²) in [7, 11) is 0. The van der Waals surface area contributed by atoms with Gasteiger partial charge in [0.1, 0.15) is 23.5 Å². The van der Waals surface area contributed by atoms with Crippen molar-refractivity contribution >= 4 is 51.4 Å². The summed E-state index contributed by atoms with van der Waals surface area (Å²) < 4.78 is 12.6. The minimum atomic E-state index is -0.973. The Morgan fingerprint density at radius 2 is 1.56 bits per heavy atom. The van der Waals surface area contributed by atoms with Crippen LogP contribution in [0.5, 0.6) is 0 Å². The van der Waals surface area contributed by atoms with E-state index in [-0.39, 0.29) is 30.7 Å². The molecule has 1 aromatic carbocycles. The fourth-order valence-electron chi connectivity index (χ4n) is 4.70. The summed E-state index contributed by atoms with van der Waals surface area (Å²) in [5, 5.41) is 19.7. The Balaban J connectivity index is 0.000000487. The topological polar surface area (TPSA) is 174 Å². The number of ketones is 1. The van der Waals surface area contributed by atoms with Crippen molar-refractivity contribution in [2.75, 3.05) is 25.0 Å². The number of para-hydroxylation sites is 1. The molecule has 13 heteroatoms. The van der Waals surface area contributed by atoms with E-state index in [4.69, 9.17) is 19.4 Å². The molecular weight excluding hydrogens is 640 g/mol. The molecule has 0 saturated heterocycles. The molecule has 2 aromatic heterocycles. The van der Waals surface area contributed by atoms with Crippen LogP contribution in [0.4, 0.5) is 10.6 Å². The number of Topliss-reactive ketones (excluding diaryl/α,β-unsaturated/α-hetero) is 1. The molecule has 0 bridgehead atoms. The smallest absolute Gasteiger partial charge is 0.408 e. The number of ether oxygens (including phenoxy) is 2. The van der Waals surface area contributed by atoms with Crippen molar-refractivity contribution in [1.82, 2.24) is 25.2 Å². The number of nitrogens with zero attached hydrogens (tertiary/aromatic N) is 3. The zero-order valence-corrected chi connectivity index (χ0v) is 31.6. The van der Waals surface area contributed by atoms with E-state index in [2.05, 4.69) is 16.0 Å². The molecule has 13 nitrogen and oxygen atoms in total. The lowest BCUT2D eigenvalue weighted by Crippen LogP contribution is -2.38. The number of fused-ring (bicyclic) bond motifs is 3. The maximum Gasteiger partial charge on any atom is 0.408 e. The van der Waals surface area contributed by atoms with Crippen molar-refractivity contribution in [3.63, 3.8) is 0 Å². The molecule has 0 aliphatic rings. The lowest BCUT2D eigenvalue weighted by molar-refractivity contribution is -0.125. The fourth-order valence-corrected chi connectivity index (χ4v) is 4.70. The minimum absolute atomic E-state index is 0.0123. The normalized spacial score (nSPS) is 11.9. The zero-order valence-electron chi connectivity index (χ0n) is 31.6. The molecular formula is C37H58N6O7. The highest BCUT2D eigenvalue weighted by Gasteiger charge is 2.25. The number of nitrogens with one attached hydrogen (secondary N) is 3. The number of hydrogen-bond donors (Lipinski definition) is 4. The number of alkyl carbamates (subject to hydrolysis) is 1. The van der Waals surface area contributed by atoms with E-state index in [9.17, 15) is 24.3 Å². The molecule has 0 fully saturated rings. The SMILES string of the molecule is CC(C)(C)OC(=O)NCC(=O)C(C)(C)C.CCOCc1nc2c(NC(=O)CCCCCNC(=O)CC)nc3ccccc3c2n1CC(C)(C)O. The number of pyridine rings is 1. The van der Waals surface area contributed by atoms with Crippen LogP contribution in [-0.2, 0) is 37.0 Å². The van der Waals surface area contributed by atoms with Crippen LogP contribution < -0.4 is 16.0 Å². The van der Waals surface area contributed by atoms with Gasteiger partial charge in [0.2, 0.25) is 11.8 Å². The van der Waals surface area contributed by atoms with Gasteiger partial charge in [-0.2, -0.15) is 0 Å². The highest BCUT2D eigenvalue weighted by Crippen LogP contribution is 2.31. The summed E-state index contributed by atoms with van der Waals surface area (Å²) in [6.07, 6.45) is 2.67. The maximum atomic E-state index is 12.8. The van der Waals surface area contributed by atoms with Gasteiger partial charge in [0, 0.05) is 36.8 Å². The molecule has 4 N–H and O–H groups in total. The average Bonchev–Trinajstić information content (AvgIpc) is 3.36. The molecule has 0 aliphatic carbocycles. The Bertz CT molecular complexity index is 1600. The van der Waals surface area contributed by atoms with E-state index in [0.717, 1.165) is 29.3 Å². The van der Waals surface area contributed by atoms with Crippen LogP contribution in [0.3, 0.4) is 0 Å². The Labute approximate surface area is 296 Å². The number of anilines is 1. The van der Waals surface area contributed by atoms with Gasteiger partial charge in [-0.15, -0.1) is 0 Å². The predicted molar refractivity (Wildman–Crippen MR) is 196 cm³/mol. The summed E-state index contributed by atoms with van der Waals surface area (Å²) in [4.78, 5) is 56.2. The Hall–Kier alpha value is -4.10. The van der Waals surface area contributed by atoms with Gasteiger partial charge in [0.15, 0.2) is 11.6 Å². The van der Waals surface area contributed by atoms with Crippen molar-refractivity contribution in [3.8, 4) is 0 Å². The number of rotatable bonds is 15. The monoisotopic (exact) mass is 698 g/mol. The number of amides is 3. The molecule has 0 aliphatic heterocycles. The molecule has 0 spiro atoms. The van der Waals surface area contributed by atoms with E-state index in [1.54, 1.807) is 34.6 Å². The van der Waals surface area contributed by atoms with Gasteiger partial charge >= 0.3 is 6.09 Å². The summed E-state index contributed by atoms with van der Waals surface area (Å²) in [6.45, 7) is 19.8. The molecule has 0 atom stereocenters. The molecule has 3 rings (SSSR count). The van der Waals surface area contributed by atoms with Crippen LogP contribution in [-0.4, -0.2) is 74.2 Å². The molecule has 0 saturated carbocycles. The molecule has 278 valence electrons. The fraction of sp³-hybridized carbons (Fsp3) is 0.622. The first-order valence-corrected chi connectivity index (χ1v) is 17.4. The van der Waals surface area contributed by atoms with Crippen LogP contribution in [0.25, 0.3) is 21.9 Å². The molecule has 3 amide bonds. The van der Waals surface area contributed by atoms with Gasteiger partial charge in [-0.3, -0.25) is 14.4 Å². The number of unbranched alkanes of at least 4 members (excludes halogenated alkanes) is 2. The van der Waals surface area contributed by atoms with Crippen molar-refractivity contribution in [3.05, 3.63) is 30.1 Å². The van der Waals surface area contributed by atoms with E-state index >= 15 is 0 Å². The van der Waals surface area contributed by atoms with Crippen LogP contribution in [0.15, 0.2) is 24.3 Å². The van der Waals surface area contributed by atoms with E-state index in [1.165, 1.54) is 0 Å². The number of carbonyl (C=O) groups excluding carboxylic acids is 4. The maximum absolute atomic E-state index is 12.8. The second-order valence-corrected chi connectivity index (χ2v) is 14.8. The number of aromatic nitrogens is 3. The number of benzene rings is 1. The van der Waals surface area contributed by atoms with Gasteiger partial charge in [-0.05, 0) is 60.5 Å². The van der Waals surface area contributed by atoms with Crippen molar-refractivity contribution in [2.24, 2.45) is 5.41 Å². The highest BCUT2D eigenvalue weighted by atomic mass is 16.6. The molecule has 3 aromatic rings. The average molecular weight is 699 g/mol. The van der Waals surface area contributed by atoms with Crippen molar-refractivity contribution in [2.45, 2.75) is 126 Å². The van der Waals surface area contributed by atoms with Gasteiger partial charge in [-0.25, -0.2) is 14.8 Å². The van der Waals surface area contributed by atoms with Crippen molar-refractivity contribution in [1.29, 1.82) is 0 Å².